The van der Waals surface area contributed by atoms with Crippen LogP contribution in [0.25, 0.3) is 0 Å². The molecule has 2 bridgehead atoms. The van der Waals surface area contributed by atoms with Crippen LogP contribution in [0, 0.1) is 0 Å². The number of rotatable bonds is 6. The monoisotopic (exact) mass is 485 g/mol. The van der Waals surface area contributed by atoms with Gasteiger partial charge in [0.25, 0.3) is 5.91 Å². The van der Waals surface area contributed by atoms with E-state index in [1.165, 1.54) is 31.8 Å². The summed E-state index contributed by atoms with van der Waals surface area (Å²) in [6, 6.07) is 13.6. The third-order valence-corrected chi connectivity index (χ3v) is 8.98. The smallest absolute Gasteiger partial charge is 0.256 e. The second kappa shape index (κ2) is 8.87. The van der Waals surface area contributed by atoms with Gasteiger partial charge in [0.05, 0.1) is 16.1 Å². The number of benzene rings is 2. The first-order chi connectivity index (χ1) is 16.3. The van der Waals surface area contributed by atoms with Crippen LogP contribution in [0.4, 0.5) is 0 Å². The fourth-order valence-electron chi connectivity index (χ4n) is 5.45. The van der Waals surface area contributed by atoms with Crippen molar-refractivity contribution < 1.29 is 22.7 Å². The molecule has 34 heavy (non-hydrogen) atoms. The van der Waals surface area contributed by atoms with E-state index in [4.69, 9.17) is 9.47 Å². The quantitative estimate of drug-likeness (QED) is 0.677. The van der Waals surface area contributed by atoms with Gasteiger partial charge in [0.2, 0.25) is 10.0 Å². The van der Waals surface area contributed by atoms with E-state index in [0.717, 1.165) is 43.0 Å². The normalized spacial score (nSPS) is 24.3. The number of carbonyl (C=O) groups is 1. The predicted octanol–water partition coefficient (Wildman–Crippen LogP) is 2.98. The summed E-state index contributed by atoms with van der Waals surface area (Å²) in [6.45, 7) is 1.37. The van der Waals surface area contributed by atoms with Crippen molar-refractivity contribution in [3.05, 3.63) is 53.6 Å². The summed E-state index contributed by atoms with van der Waals surface area (Å²) in [5.74, 6) is 0.252. The van der Waals surface area contributed by atoms with Crippen molar-refractivity contribution in [1.82, 2.24) is 14.5 Å². The summed E-state index contributed by atoms with van der Waals surface area (Å²) >= 11 is 0. The molecule has 0 spiro atoms. The summed E-state index contributed by atoms with van der Waals surface area (Å²) in [5, 5.41) is 3.31. The first kappa shape index (κ1) is 23.1. The standard InChI is InChI=1S/C25H31N3O5S/c1-27(2)34(30,31)20-15-21(23-22(16-20)32-13-14-33-23)24(29)26-25-11-6-9-19(10-12-25)28(25)17-18-7-4-3-5-8-18/h3-5,7-8,15-16,19H,6,9-14,17H2,1-2H3,(H,26,29). The van der Waals surface area contributed by atoms with Gasteiger partial charge in [-0.05, 0) is 43.7 Å². The first-order valence-corrected chi connectivity index (χ1v) is 13.2. The van der Waals surface area contributed by atoms with Gasteiger partial charge in [0.1, 0.15) is 13.2 Å². The van der Waals surface area contributed by atoms with Crippen molar-refractivity contribution in [2.24, 2.45) is 0 Å². The van der Waals surface area contributed by atoms with Gasteiger partial charge in [-0.1, -0.05) is 30.3 Å². The zero-order valence-electron chi connectivity index (χ0n) is 19.6. The highest BCUT2D eigenvalue weighted by Crippen LogP contribution is 2.44. The highest BCUT2D eigenvalue weighted by Gasteiger charge is 2.49. The highest BCUT2D eigenvalue weighted by molar-refractivity contribution is 7.89. The SMILES string of the molecule is CN(C)S(=O)(=O)c1cc2c(c(C(=O)NC34CCCC(CC3)N4Cc3ccccc3)c1)OCCO2. The van der Waals surface area contributed by atoms with Crippen LogP contribution in [0.5, 0.6) is 11.5 Å². The van der Waals surface area contributed by atoms with E-state index >= 15 is 0 Å². The van der Waals surface area contributed by atoms with Crippen molar-refractivity contribution in [2.45, 2.75) is 55.2 Å². The van der Waals surface area contributed by atoms with Crippen molar-refractivity contribution in [2.75, 3.05) is 27.3 Å². The molecule has 3 heterocycles. The second-order valence-electron chi connectivity index (χ2n) is 9.47. The zero-order valence-corrected chi connectivity index (χ0v) is 20.4. The number of hydrogen-bond acceptors (Lipinski definition) is 6. The molecule has 0 aromatic heterocycles. The van der Waals surface area contributed by atoms with Crippen LogP contribution in [0.1, 0.15) is 48.0 Å². The molecular formula is C25H31N3O5S. The fraction of sp³-hybridized carbons (Fsp3) is 0.480. The fourth-order valence-corrected chi connectivity index (χ4v) is 6.39. The Morgan fingerprint density at radius 1 is 1.12 bits per heavy atom. The molecule has 2 unspecified atom stereocenters. The van der Waals surface area contributed by atoms with Crippen LogP contribution in [0.3, 0.4) is 0 Å². The first-order valence-electron chi connectivity index (χ1n) is 11.8. The van der Waals surface area contributed by atoms with Gasteiger partial charge in [-0.2, -0.15) is 0 Å². The summed E-state index contributed by atoms with van der Waals surface area (Å²) in [7, 11) is -0.826. The molecule has 0 saturated carbocycles. The lowest BCUT2D eigenvalue weighted by Crippen LogP contribution is -2.60. The second-order valence-corrected chi connectivity index (χ2v) is 11.6. The van der Waals surface area contributed by atoms with Crippen LogP contribution in [0.2, 0.25) is 0 Å². The zero-order chi connectivity index (χ0) is 23.9. The number of amides is 1. The average Bonchev–Trinajstić information content (AvgIpc) is 3.01. The Morgan fingerprint density at radius 2 is 1.88 bits per heavy atom. The molecule has 2 fully saturated rings. The topological polar surface area (TPSA) is 88.2 Å². The van der Waals surface area contributed by atoms with Crippen LogP contribution in [-0.2, 0) is 16.6 Å². The maximum absolute atomic E-state index is 13.7. The van der Waals surface area contributed by atoms with E-state index in [9.17, 15) is 13.2 Å². The Kier molecular flexibility index (Phi) is 6.03. The molecule has 2 aromatic rings. The molecule has 0 radical (unpaired) electrons. The van der Waals surface area contributed by atoms with E-state index in [0.29, 0.717) is 25.0 Å². The molecule has 2 atom stereocenters. The van der Waals surface area contributed by atoms with Crippen molar-refractivity contribution >= 4 is 15.9 Å². The van der Waals surface area contributed by atoms with Crippen molar-refractivity contribution in [3.63, 3.8) is 0 Å². The number of piperidine rings is 1. The summed E-state index contributed by atoms with van der Waals surface area (Å²) in [4.78, 5) is 16.2. The minimum atomic E-state index is -3.76. The van der Waals surface area contributed by atoms with Gasteiger partial charge in [-0.15, -0.1) is 0 Å². The van der Waals surface area contributed by atoms with Crippen LogP contribution in [-0.4, -0.2) is 62.5 Å². The Balaban J connectivity index is 1.49. The lowest BCUT2D eigenvalue weighted by molar-refractivity contribution is 0.0182. The van der Waals surface area contributed by atoms with E-state index in [2.05, 4.69) is 22.3 Å². The maximum Gasteiger partial charge on any atom is 0.256 e. The minimum Gasteiger partial charge on any atom is -0.486 e. The molecular weight excluding hydrogens is 454 g/mol. The van der Waals surface area contributed by atoms with Gasteiger partial charge in [0.15, 0.2) is 11.5 Å². The number of carbonyl (C=O) groups excluding carboxylic acids is 1. The highest BCUT2D eigenvalue weighted by atomic mass is 32.2. The van der Waals surface area contributed by atoms with Gasteiger partial charge >= 0.3 is 0 Å². The van der Waals surface area contributed by atoms with Crippen LogP contribution < -0.4 is 14.8 Å². The van der Waals surface area contributed by atoms with Gasteiger partial charge < -0.3 is 14.8 Å². The van der Waals surface area contributed by atoms with Crippen molar-refractivity contribution in [1.29, 1.82) is 0 Å². The number of ether oxygens (including phenoxy) is 2. The van der Waals surface area contributed by atoms with Gasteiger partial charge in [-0.25, -0.2) is 12.7 Å². The molecule has 5 rings (SSSR count). The Labute approximate surface area is 200 Å². The molecule has 2 saturated heterocycles. The lowest BCUT2D eigenvalue weighted by Gasteiger charge is -2.45. The van der Waals surface area contributed by atoms with E-state index in [-0.39, 0.29) is 22.1 Å². The number of hydrogen-bond donors (Lipinski definition) is 1. The molecule has 1 amide bonds. The van der Waals surface area contributed by atoms with Gasteiger partial charge in [-0.3, -0.25) is 9.69 Å². The number of nitrogens with zero attached hydrogens (tertiary/aromatic N) is 2. The number of nitrogens with one attached hydrogen (secondary N) is 1. The molecule has 3 aliphatic rings. The summed E-state index contributed by atoms with van der Waals surface area (Å²) in [5.41, 5.74) is 0.943. The summed E-state index contributed by atoms with van der Waals surface area (Å²) in [6.07, 6.45) is 4.92. The predicted molar refractivity (Wildman–Crippen MR) is 127 cm³/mol. The number of sulfonamides is 1. The van der Waals surface area contributed by atoms with E-state index in [1.807, 2.05) is 18.2 Å². The third kappa shape index (κ3) is 4.06. The molecule has 3 aliphatic heterocycles. The lowest BCUT2D eigenvalue weighted by atomic mass is 9.95. The largest absolute Gasteiger partial charge is 0.486 e. The maximum atomic E-state index is 13.7. The Hall–Kier alpha value is -2.62. The molecule has 2 aromatic carbocycles. The molecule has 0 aliphatic carbocycles. The van der Waals surface area contributed by atoms with Crippen LogP contribution >= 0.6 is 0 Å². The minimum absolute atomic E-state index is 0.0125. The summed E-state index contributed by atoms with van der Waals surface area (Å²) < 4.78 is 38.3. The Morgan fingerprint density at radius 3 is 2.65 bits per heavy atom. The Bertz CT molecular complexity index is 1180. The molecule has 1 N–H and O–H groups in total. The average molecular weight is 486 g/mol. The molecule has 182 valence electrons. The van der Waals surface area contributed by atoms with Crippen molar-refractivity contribution in [3.8, 4) is 11.5 Å². The van der Waals surface area contributed by atoms with E-state index in [1.54, 1.807) is 0 Å². The number of fused-ring (bicyclic) bond motifs is 3. The van der Waals surface area contributed by atoms with Gasteiger partial charge in [0, 0.05) is 32.7 Å². The van der Waals surface area contributed by atoms with Crippen LogP contribution in [0.15, 0.2) is 47.4 Å². The van der Waals surface area contributed by atoms with E-state index < -0.39 is 15.7 Å². The molecule has 9 heteroatoms. The third-order valence-electron chi connectivity index (χ3n) is 7.19. The molecule has 8 nitrogen and oxygen atoms in total.